The van der Waals surface area contributed by atoms with Crippen LogP contribution < -0.4 is 5.32 Å². The van der Waals surface area contributed by atoms with E-state index in [9.17, 15) is 14.4 Å². The van der Waals surface area contributed by atoms with Crippen LogP contribution in [0, 0.1) is 0 Å². The van der Waals surface area contributed by atoms with E-state index in [0.29, 0.717) is 5.56 Å². The highest BCUT2D eigenvalue weighted by Crippen LogP contribution is 2.35. The molecule has 1 N–H and O–H groups in total. The zero-order chi connectivity index (χ0) is 21.5. The van der Waals surface area contributed by atoms with Crippen molar-refractivity contribution in [3.8, 4) is 0 Å². The Morgan fingerprint density at radius 3 is 2.67 bits per heavy atom. The summed E-state index contributed by atoms with van der Waals surface area (Å²) in [4.78, 5) is 41.6. The molecule has 6 nitrogen and oxygen atoms in total. The van der Waals surface area contributed by atoms with Crippen LogP contribution in [0.1, 0.15) is 42.5 Å². The van der Waals surface area contributed by atoms with E-state index in [1.165, 1.54) is 5.56 Å². The van der Waals surface area contributed by atoms with E-state index in [2.05, 4.69) is 33.4 Å². The van der Waals surface area contributed by atoms with E-state index in [0.717, 1.165) is 34.2 Å². The fraction of sp³-hybridized carbons (Fsp3) is 0.348. The molecule has 0 unspecified atom stereocenters. The summed E-state index contributed by atoms with van der Waals surface area (Å²) in [6.07, 6.45) is 2.88. The van der Waals surface area contributed by atoms with Crippen molar-refractivity contribution in [3.05, 3.63) is 69.7 Å². The van der Waals surface area contributed by atoms with Crippen molar-refractivity contribution in [2.45, 2.75) is 37.8 Å². The monoisotopic (exact) mass is 469 g/mol. The normalized spacial score (nSPS) is 23.2. The Kier molecular flexibility index (Phi) is 5.40. The summed E-state index contributed by atoms with van der Waals surface area (Å²) in [5.41, 5.74) is 1.85. The number of amides is 4. The van der Waals surface area contributed by atoms with Crippen LogP contribution in [0.5, 0.6) is 0 Å². The second-order valence-corrected chi connectivity index (χ2v) is 8.89. The lowest BCUT2D eigenvalue weighted by Crippen LogP contribution is -2.44. The third kappa shape index (κ3) is 3.41. The summed E-state index contributed by atoms with van der Waals surface area (Å²) in [7, 11) is 1.75. The van der Waals surface area contributed by atoms with Crippen molar-refractivity contribution >= 4 is 33.8 Å². The third-order valence-corrected chi connectivity index (χ3v) is 6.87. The van der Waals surface area contributed by atoms with E-state index >= 15 is 0 Å². The number of aryl methyl sites for hydroxylation is 1. The molecule has 1 aliphatic heterocycles. The lowest BCUT2D eigenvalue weighted by atomic mass is 9.87. The molecule has 2 aliphatic rings. The summed E-state index contributed by atoms with van der Waals surface area (Å²) in [6.45, 7) is 1.39. The number of likely N-dealkylation sites (N-methyl/N-ethyl adjacent to an activating group) is 1. The second-order valence-electron chi connectivity index (χ2n) is 8.04. The van der Waals surface area contributed by atoms with Crippen LogP contribution in [0.3, 0.4) is 0 Å². The van der Waals surface area contributed by atoms with Crippen LogP contribution in [0.4, 0.5) is 4.79 Å². The van der Waals surface area contributed by atoms with Gasteiger partial charge in [0.2, 0.25) is 5.91 Å². The SMILES string of the molecule is CN(C(=O)CN1C(=O)N[C@@](C)(c2ccccc2Br)C1=O)[C@H]1CCCc2ccccc21. The number of fused-ring (bicyclic) bond motifs is 1. The number of hydrogen-bond donors (Lipinski definition) is 1. The number of carbonyl (C=O) groups is 3. The van der Waals surface area contributed by atoms with Gasteiger partial charge in [0.25, 0.3) is 5.91 Å². The molecule has 1 saturated heterocycles. The Morgan fingerprint density at radius 1 is 1.20 bits per heavy atom. The van der Waals surface area contributed by atoms with Crippen molar-refractivity contribution in [2.24, 2.45) is 0 Å². The predicted molar refractivity (Wildman–Crippen MR) is 117 cm³/mol. The topological polar surface area (TPSA) is 69.7 Å². The Morgan fingerprint density at radius 2 is 1.90 bits per heavy atom. The summed E-state index contributed by atoms with van der Waals surface area (Å²) < 4.78 is 0.727. The molecule has 0 aromatic heterocycles. The number of nitrogens with zero attached hydrogens (tertiary/aromatic N) is 2. The Hall–Kier alpha value is -2.67. The van der Waals surface area contributed by atoms with E-state index in [1.54, 1.807) is 24.9 Å². The van der Waals surface area contributed by atoms with Crippen molar-refractivity contribution < 1.29 is 14.4 Å². The maximum absolute atomic E-state index is 13.2. The molecule has 156 valence electrons. The smallest absolute Gasteiger partial charge is 0.325 e. The number of rotatable bonds is 4. The minimum absolute atomic E-state index is 0.0436. The van der Waals surface area contributed by atoms with Crippen molar-refractivity contribution in [2.75, 3.05) is 13.6 Å². The average Bonchev–Trinajstić information content (AvgIpc) is 2.96. The van der Waals surface area contributed by atoms with E-state index in [4.69, 9.17) is 0 Å². The summed E-state index contributed by atoms with van der Waals surface area (Å²) in [5.74, 6) is -0.679. The summed E-state index contributed by atoms with van der Waals surface area (Å²) in [6, 6.07) is 14.8. The lowest BCUT2D eigenvalue weighted by Gasteiger charge is -2.34. The fourth-order valence-electron chi connectivity index (χ4n) is 4.44. The number of benzene rings is 2. The zero-order valence-electron chi connectivity index (χ0n) is 17.0. The van der Waals surface area contributed by atoms with Gasteiger partial charge in [-0.25, -0.2) is 4.79 Å². The largest absolute Gasteiger partial charge is 0.337 e. The van der Waals surface area contributed by atoms with Crippen molar-refractivity contribution in [1.82, 2.24) is 15.1 Å². The number of imide groups is 1. The van der Waals surface area contributed by atoms with Gasteiger partial charge in [-0.2, -0.15) is 0 Å². The molecule has 2 atom stereocenters. The van der Waals surface area contributed by atoms with Crippen LogP contribution in [0.25, 0.3) is 0 Å². The van der Waals surface area contributed by atoms with E-state index in [-0.39, 0.29) is 18.5 Å². The van der Waals surface area contributed by atoms with Gasteiger partial charge in [-0.15, -0.1) is 0 Å². The van der Waals surface area contributed by atoms with E-state index in [1.807, 2.05) is 30.3 Å². The van der Waals surface area contributed by atoms with Crippen LogP contribution in [-0.4, -0.2) is 41.2 Å². The summed E-state index contributed by atoms with van der Waals surface area (Å²) >= 11 is 3.45. The first-order chi connectivity index (χ1) is 14.3. The van der Waals surface area contributed by atoms with Gasteiger partial charge in [0.1, 0.15) is 12.1 Å². The first-order valence-electron chi connectivity index (χ1n) is 10.1. The first-order valence-corrected chi connectivity index (χ1v) is 10.8. The Bertz CT molecular complexity index is 1020. The van der Waals surface area contributed by atoms with Gasteiger partial charge in [-0.05, 0) is 43.4 Å². The molecule has 0 bridgehead atoms. The van der Waals surface area contributed by atoms with Gasteiger partial charge < -0.3 is 10.2 Å². The van der Waals surface area contributed by atoms with E-state index < -0.39 is 17.5 Å². The lowest BCUT2D eigenvalue weighted by molar-refractivity contribution is -0.139. The molecule has 2 aromatic carbocycles. The van der Waals surface area contributed by atoms with Crippen molar-refractivity contribution in [3.63, 3.8) is 0 Å². The van der Waals surface area contributed by atoms with Gasteiger partial charge in [-0.3, -0.25) is 14.5 Å². The number of nitrogens with one attached hydrogen (secondary N) is 1. The Balaban J connectivity index is 1.53. The molecule has 0 radical (unpaired) electrons. The first kappa shape index (κ1) is 20.6. The number of hydrogen-bond acceptors (Lipinski definition) is 3. The number of halogens is 1. The van der Waals surface area contributed by atoms with Crippen LogP contribution in [0.2, 0.25) is 0 Å². The minimum Gasteiger partial charge on any atom is -0.337 e. The summed E-state index contributed by atoms with van der Waals surface area (Å²) in [5, 5.41) is 2.76. The number of carbonyl (C=O) groups excluding carboxylic acids is 3. The molecule has 4 rings (SSSR count). The molecule has 1 fully saturated rings. The zero-order valence-corrected chi connectivity index (χ0v) is 18.6. The van der Waals surface area contributed by atoms with Gasteiger partial charge in [0.05, 0.1) is 6.04 Å². The maximum Gasteiger partial charge on any atom is 0.325 e. The molecule has 0 saturated carbocycles. The molecule has 7 heteroatoms. The molecule has 1 aliphatic carbocycles. The minimum atomic E-state index is -1.21. The molecular weight excluding hydrogens is 446 g/mol. The fourth-order valence-corrected chi connectivity index (χ4v) is 5.12. The molecular formula is C23H24BrN3O3. The van der Waals surface area contributed by atoms with Crippen LogP contribution in [0.15, 0.2) is 53.0 Å². The predicted octanol–water partition coefficient (Wildman–Crippen LogP) is 3.75. The molecule has 1 heterocycles. The Labute approximate surface area is 184 Å². The van der Waals surface area contributed by atoms with Gasteiger partial charge in [0.15, 0.2) is 0 Å². The second kappa shape index (κ2) is 7.87. The maximum atomic E-state index is 13.2. The number of urea groups is 1. The standard InChI is InChI=1S/C23H24BrN3O3/c1-23(17-11-5-6-12-18(17)24)21(29)27(22(30)25-23)14-20(28)26(2)19-13-7-9-15-8-3-4-10-16(15)19/h3-6,8,10-12,19H,7,9,13-14H2,1-2H3,(H,25,30)/t19-,23-/m0/s1. The van der Waals surface area contributed by atoms with Gasteiger partial charge in [-0.1, -0.05) is 58.4 Å². The molecule has 4 amide bonds. The van der Waals surface area contributed by atoms with Crippen LogP contribution in [-0.2, 0) is 21.5 Å². The highest BCUT2D eigenvalue weighted by Gasteiger charge is 2.50. The van der Waals surface area contributed by atoms with Crippen LogP contribution >= 0.6 is 15.9 Å². The third-order valence-electron chi connectivity index (χ3n) is 6.18. The molecule has 2 aromatic rings. The van der Waals surface area contributed by atoms with Gasteiger partial charge in [0, 0.05) is 17.1 Å². The van der Waals surface area contributed by atoms with Gasteiger partial charge >= 0.3 is 6.03 Å². The highest BCUT2D eigenvalue weighted by molar-refractivity contribution is 9.10. The molecule has 30 heavy (non-hydrogen) atoms. The quantitative estimate of drug-likeness (QED) is 0.693. The van der Waals surface area contributed by atoms with Crippen molar-refractivity contribution in [1.29, 1.82) is 0 Å². The highest BCUT2D eigenvalue weighted by atomic mass is 79.9. The average molecular weight is 470 g/mol. The molecule has 0 spiro atoms.